The Labute approximate surface area is 165 Å². The molecule has 28 heavy (non-hydrogen) atoms. The molecule has 7 nitrogen and oxygen atoms in total. The number of carbonyl (C=O) groups is 2. The maximum absolute atomic E-state index is 11.9. The number of fused-ring (bicyclic) bond motifs is 3. The summed E-state index contributed by atoms with van der Waals surface area (Å²) in [6, 6.07) is 8.08. The van der Waals surface area contributed by atoms with E-state index in [0.717, 1.165) is 20.7 Å². The molecule has 1 atom stereocenters. The van der Waals surface area contributed by atoms with Crippen molar-refractivity contribution in [1.82, 2.24) is 14.9 Å². The van der Waals surface area contributed by atoms with Gasteiger partial charge in [0.15, 0.2) is 6.04 Å². The molecule has 142 valence electrons. The van der Waals surface area contributed by atoms with Crippen LogP contribution in [-0.2, 0) is 22.6 Å². The van der Waals surface area contributed by atoms with Crippen LogP contribution in [0.2, 0.25) is 0 Å². The molecule has 0 spiro atoms. The fourth-order valence-corrected chi connectivity index (χ4v) is 4.63. The van der Waals surface area contributed by atoms with Gasteiger partial charge in [-0.25, -0.2) is 14.8 Å². The minimum absolute atomic E-state index is 0.0949. The van der Waals surface area contributed by atoms with Gasteiger partial charge in [0.05, 0.1) is 11.9 Å². The Morgan fingerprint density at radius 3 is 2.79 bits per heavy atom. The quantitative estimate of drug-likeness (QED) is 0.646. The molecule has 0 bridgehead atoms. The lowest BCUT2D eigenvalue weighted by Gasteiger charge is -2.26. The highest BCUT2D eigenvalue weighted by Gasteiger charge is 2.27. The number of carboxylic acids is 1. The minimum atomic E-state index is -0.982. The summed E-state index contributed by atoms with van der Waals surface area (Å²) in [6.07, 6.45) is 3.42. The van der Waals surface area contributed by atoms with Crippen LogP contribution in [0.15, 0.2) is 49.3 Å². The first kappa shape index (κ1) is 18.1. The van der Waals surface area contributed by atoms with E-state index in [2.05, 4.69) is 21.9 Å². The Hall–Kier alpha value is -3.26. The molecule has 0 radical (unpaired) electrons. The normalized spacial score (nSPS) is 14.4. The highest BCUT2D eigenvalue weighted by atomic mass is 32.1. The summed E-state index contributed by atoms with van der Waals surface area (Å²) in [5.41, 5.74) is 1.72. The number of aromatic nitrogens is 2. The number of carboxylic acid groups (broad SMARTS) is 1. The molecule has 4 rings (SSSR count). The van der Waals surface area contributed by atoms with Crippen LogP contribution >= 0.6 is 11.3 Å². The summed E-state index contributed by atoms with van der Waals surface area (Å²) in [5, 5.41) is 13.6. The molecule has 3 heterocycles. The van der Waals surface area contributed by atoms with Gasteiger partial charge < -0.3 is 15.3 Å². The van der Waals surface area contributed by atoms with Gasteiger partial charge in [0, 0.05) is 11.4 Å². The lowest BCUT2D eigenvalue weighted by molar-refractivity contribution is -0.138. The molecular formula is C20H18N4O3S. The second-order valence-corrected chi connectivity index (χ2v) is 7.53. The van der Waals surface area contributed by atoms with Gasteiger partial charge in [-0.2, -0.15) is 0 Å². The number of amides is 1. The molecule has 0 saturated heterocycles. The van der Waals surface area contributed by atoms with Crippen molar-refractivity contribution < 1.29 is 14.7 Å². The van der Waals surface area contributed by atoms with Crippen molar-refractivity contribution in [3.05, 3.63) is 65.3 Å². The van der Waals surface area contributed by atoms with Crippen molar-refractivity contribution in [2.75, 3.05) is 11.9 Å². The fraction of sp³-hybridized carbons (Fsp3) is 0.200. The number of nitrogens with zero attached hydrogens (tertiary/aromatic N) is 3. The van der Waals surface area contributed by atoms with Crippen molar-refractivity contribution in [3.63, 3.8) is 0 Å². The molecule has 8 heteroatoms. The molecule has 0 aliphatic carbocycles. The van der Waals surface area contributed by atoms with Gasteiger partial charge in [-0.1, -0.05) is 36.9 Å². The Bertz CT molecular complexity index is 1060. The van der Waals surface area contributed by atoms with Crippen molar-refractivity contribution in [2.45, 2.75) is 19.0 Å². The maximum Gasteiger partial charge on any atom is 0.330 e. The average molecular weight is 394 g/mol. The van der Waals surface area contributed by atoms with Gasteiger partial charge in [0.25, 0.3) is 0 Å². The first-order valence-electron chi connectivity index (χ1n) is 8.79. The van der Waals surface area contributed by atoms with Crippen molar-refractivity contribution >= 4 is 39.2 Å². The average Bonchev–Trinajstić information content (AvgIpc) is 3.10. The SMILES string of the molecule is C=CC(=O)N1CCc2c(sc3ncnc(N[C@H](C(=O)O)c4ccccc4)c23)C1. The molecule has 2 aromatic heterocycles. The Kier molecular flexibility index (Phi) is 4.79. The number of anilines is 1. The number of carbonyl (C=O) groups excluding carboxylic acids is 1. The number of nitrogens with one attached hydrogen (secondary N) is 1. The first-order chi connectivity index (χ1) is 13.6. The van der Waals surface area contributed by atoms with Gasteiger partial charge in [-0.3, -0.25) is 4.79 Å². The third-order valence-corrected chi connectivity index (χ3v) is 5.91. The highest BCUT2D eigenvalue weighted by Crippen LogP contribution is 2.38. The van der Waals surface area contributed by atoms with Crippen LogP contribution in [0.5, 0.6) is 0 Å². The molecule has 0 fully saturated rings. The summed E-state index contributed by atoms with van der Waals surface area (Å²) in [5.74, 6) is -0.574. The van der Waals surface area contributed by atoms with E-state index in [1.54, 1.807) is 29.2 Å². The minimum Gasteiger partial charge on any atom is -0.479 e. The summed E-state index contributed by atoms with van der Waals surface area (Å²) >= 11 is 1.51. The van der Waals surface area contributed by atoms with Crippen molar-refractivity contribution in [3.8, 4) is 0 Å². The zero-order valence-corrected chi connectivity index (χ0v) is 15.8. The zero-order chi connectivity index (χ0) is 19.7. The number of hydrogen-bond acceptors (Lipinski definition) is 6. The number of thiophene rings is 1. The molecule has 1 amide bonds. The molecule has 2 N–H and O–H groups in total. The second-order valence-electron chi connectivity index (χ2n) is 6.45. The summed E-state index contributed by atoms with van der Waals surface area (Å²) in [7, 11) is 0. The fourth-order valence-electron chi connectivity index (χ4n) is 3.42. The molecule has 1 aromatic carbocycles. The predicted octanol–water partition coefficient (Wildman–Crippen LogP) is 3.00. The van der Waals surface area contributed by atoms with Crippen LogP contribution < -0.4 is 5.32 Å². The van der Waals surface area contributed by atoms with Crippen LogP contribution in [-0.4, -0.2) is 38.4 Å². The van der Waals surface area contributed by atoms with Crippen LogP contribution in [0.25, 0.3) is 10.2 Å². The van der Waals surface area contributed by atoms with E-state index in [1.165, 1.54) is 23.7 Å². The Morgan fingerprint density at radius 1 is 1.29 bits per heavy atom. The van der Waals surface area contributed by atoms with Crippen molar-refractivity contribution in [2.24, 2.45) is 0 Å². The van der Waals surface area contributed by atoms with E-state index < -0.39 is 12.0 Å². The Morgan fingerprint density at radius 2 is 2.07 bits per heavy atom. The summed E-state index contributed by atoms with van der Waals surface area (Å²) in [6.45, 7) is 4.63. The maximum atomic E-state index is 11.9. The highest BCUT2D eigenvalue weighted by molar-refractivity contribution is 7.19. The second kappa shape index (κ2) is 7.40. The molecule has 3 aromatic rings. The third-order valence-electron chi connectivity index (χ3n) is 4.78. The number of benzene rings is 1. The standard InChI is InChI=1S/C20H18N4O3S/c1-2-15(25)24-9-8-13-14(10-24)28-19-16(13)18(21-11-22-19)23-17(20(26)27)12-6-4-3-5-7-12/h2-7,11,17H,1,8-10H2,(H,26,27)(H,21,22,23)/t17-/m0/s1. The summed E-state index contributed by atoms with van der Waals surface area (Å²) < 4.78 is 0. The molecular weight excluding hydrogens is 376 g/mol. The van der Waals surface area contributed by atoms with Crippen LogP contribution in [0.4, 0.5) is 5.82 Å². The van der Waals surface area contributed by atoms with E-state index in [0.29, 0.717) is 30.9 Å². The molecule has 0 unspecified atom stereocenters. The van der Waals surface area contributed by atoms with Gasteiger partial charge in [-0.15, -0.1) is 11.3 Å². The van der Waals surface area contributed by atoms with Gasteiger partial charge in [0.2, 0.25) is 5.91 Å². The van der Waals surface area contributed by atoms with E-state index in [4.69, 9.17) is 0 Å². The van der Waals surface area contributed by atoms with E-state index in [9.17, 15) is 14.7 Å². The van der Waals surface area contributed by atoms with Gasteiger partial charge in [-0.05, 0) is 23.6 Å². The van der Waals surface area contributed by atoms with Gasteiger partial charge >= 0.3 is 5.97 Å². The zero-order valence-electron chi connectivity index (χ0n) is 15.0. The van der Waals surface area contributed by atoms with E-state index in [-0.39, 0.29) is 5.91 Å². The lowest BCUT2D eigenvalue weighted by atomic mass is 10.0. The number of hydrogen-bond donors (Lipinski definition) is 2. The molecule has 1 aliphatic heterocycles. The van der Waals surface area contributed by atoms with Crippen LogP contribution in [0.3, 0.4) is 0 Å². The lowest BCUT2D eigenvalue weighted by Crippen LogP contribution is -2.34. The van der Waals surface area contributed by atoms with Gasteiger partial charge in [0.1, 0.15) is 17.0 Å². The van der Waals surface area contributed by atoms with Crippen molar-refractivity contribution in [1.29, 1.82) is 0 Å². The van der Waals surface area contributed by atoms with Crippen LogP contribution in [0.1, 0.15) is 22.0 Å². The predicted molar refractivity (Wildman–Crippen MR) is 107 cm³/mol. The summed E-state index contributed by atoms with van der Waals surface area (Å²) in [4.78, 5) is 36.1. The van der Waals surface area contributed by atoms with Crippen LogP contribution in [0, 0.1) is 0 Å². The smallest absolute Gasteiger partial charge is 0.330 e. The molecule has 1 aliphatic rings. The first-order valence-corrected chi connectivity index (χ1v) is 9.61. The molecule has 0 saturated carbocycles. The topological polar surface area (TPSA) is 95.4 Å². The monoisotopic (exact) mass is 394 g/mol. The number of rotatable bonds is 5. The largest absolute Gasteiger partial charge is 0.479 e. The number of aliphatic carboxylic acids is 1. The van der Waals surface area contributed by atoms with E-state index >= 15 is 0 Å². The van der Waals surface area contributed by atoms with E-state index in [1.807, 2.05) is 6.07 Å². The third kappa shape index (κ3) is 3.22. The Balaban J connectivity index is 1.73.